The number of carbonyl (C=O) groups excluding carboxylic acids is 1. The van der Waals surface area contributed by atoms with Gasteiger partial charge < -0.3 is 16.2 Å². The van der Waals surface area contributed by atoms with Crippen molar-refractivity contribution in [3.8, 4) is 0 Å². The summed E-state index contributed by atoms with van der Waals surface area (Å²) in [6, 6.07) is 0. The molecule has 5 nitrogen and oxygen atoms in total. The van der Waals surface area contributed by atoms with Crippen LogP contribution in [0.1, 0.15) is 57.8 Å². The van der Waals surface area contributed by atoms with Gasteiger partial charge in [0, 0.05) is 19.4 Å². The molecule has 1 aliphatic carbocycles. The fourth-order valence-electron chi connectivity index (χ4n) is 3.01. The summed E-state index contributed by atoms with van der Waals surface area (Å²) in [5.74, 6) is -0.886. The number of hydrogen-bond donors (Lipinski definition) is 3. The van der Waals surface area contributed by atoms with E-state index in [2.05, 4.69) is 5.32 Å². The molecule has 0 aromatic rings. The molecule has 4 N–H and O–H groups in total. The van der Waals surface area contributed by atoms with E-state index in [4.69, 9.17) is 10.8 Å². The van der Waals surface area contributed by atoms with E-state index >= 15 is 0 Å². The van der Waals surface area contributed by atoms with Crippen LogP contribution in [-0.2, 0) is 9.59 Å². The molecule has 0 aromatic carbocycles. The van der Waals surface area contributed by atoms with Crippen molar-refractivity contribution in [1.82, 2.24) is 5.32 Å². The fraction of sp³-hybridized carbons (Fsp3) is 0.857. The molecule has 0 radical (unpaired) electrons. The predicted molar refractivity (Wildman–Crippen MR) is 73.7 cm³/mol. The molecule has 1 rings (SSSR count). The van der Waals surface area contributed by atoms with Gasteiger partial charge in [-0.25, -0.2) is 0 Å². The minimum Gasteiger partial charge on any atom is -0.481 e. The van der Waals surface area contributed by atoms with Gasteiger partial charge in [-0.05, 0) is 44.1 Å². The fourth-order valence-corrected chi connectivity index (χ4v) is 3.01. The quantitative estimate of drug-likeness (QED) is 0.594. The van der Waals surface area contributed by atoms with Crippen LogP contribution in [0.2, 0.25) is 0 Å². The molecule has 0 aliphatic heterocycles. The van der Waals surface area contributed by atoms with Gasteiger partial charge in [0.15, 0.2) is 0 Å². The Morgan fingerprint density at radius 3 is 2.42 bits per heavy atom. The van der Waals surface area contributed by atoms with Crippen molar-refractivity contribution >= 4 is 11.9 Å². The Morgan fingerprint density at radius 2 is 1.84 bits per heavy atom. The highest BCUT2D eigenvalue weighted by Crippen LogP contribution is 2.43. The lowest BCUT2D eigenvalue weighted by atomic mass is 9.79. The second-order valence-corrected chi connectivity index (χ2v) is 5.59. The number of nitrogens with one attached hydrogen (secondary N) is 1. The summed E-state index contributed by atoms with van der Waals surface area (Å²) >= 11 is 0. The molecule has 0 bridgehead atoms. The van der Waals surface area contributed by atoms with Crippen LogP contribution in [-0.4, -0.2) is 30.1 Å². The van der Waals surface area contributed by atoms with Crippen molar-refractivity contribution < 1.29 is 14.7 Å². The van der Waals surface area contributed by atoms with Crippen molar-refractivity contribution in [1.29, 1.82) is 0 Å². The van der Waals surface area contributed by atoms with Gasteiger partial charge in [-0.1, -0.05) is 12.8 Å². The maximum absolute atomic E-state index is 11.5. The predicted octanol–water partition coefficient (Wildman–Crippen LogP) is 1.66. The lowest BCUT2D eigenvalue weighted by Gasteiger charge is -2.28. The van der Waals surface area contributed by atoms with Crippen LogP contribution in [0.25, 0.3) is 0 Å². The normalized spacial score (nSPS) is 17.3. The van der Waals surface area contributed by atoms with Gasteiger partial charge in [0.25, 0.3) is 0 Å². The van der Waals surface area contributed by atoms with Gasteiger partial charge in [0.1, 0.15) is 0 Å². The van der Waals surface area contributed by atoms with E-state index in [9.17, 15) is 9.59 Å². The zero-order valence-corrected chi connectivity index (χ0v) is 11.6. The van der Waals surface area contributed by atoms with Crippen molar-refractivity contribution in [2.75, 3.05) is 13.1 Å². The zero-order valence-electron chi connectivity index (χ0n) is 11.6. The van der Waals surface area contributed by atoms with Gasteiger partial charge in [0.2, 0.25) is 5.91 Å². The molecule has 110 valence electrons. The van der Waals surface area contributed by atoms with Crippen LogP contribution in [0.5, 0.6) is 0 Å². The van der Waals surface area contributed by atoms with Crippen molar-refractivity contribution in [2.45, 2.75) is 57.8 Å². The van der Waals surface area contributed by atoms with Gasteiger partial charge in [-0.2, -0.15) is 0 Å². The third-order valence-electron chi connectivity index (χ3n) is 4.11. The molecule has 0 heterocycles. The largest absolute Gasteiger partial charge is 0.481 e. The highest BCUT2D eigenvalue weighted by atomic mass is 16.4. The number of carboxylic acid groups (broad SMARTS) is 1. The summed E-state index contributed by atoms with van der Waals surface area (Å²) in [6.45, 7) is 1.40. The third kappa shape index (κ3) is 6.05. The number of nitrogens with two attached hydrogens (primary N) is 1. The van der Waals surface area contributed by atoms with Gasteiger partial charge in [0.05, 0.1) is 0 Å². The first-order valence-electron chi connectivity index (χ1n) is 7.26. The van der Waals surface area contributed by atoms with E-state index in [1.165, 1.54) is 25.7 Å². The number of carbonyl (C=O) groups is 2. The van der Waals surface area contributed by atoms with Crippen LogP contribution in [0, 0.1) is 5.41 Å². The molecular formula is C14H26N2O3. The molecule has 0 unspecified atom stereocenters. The van der Waals surface area contributed by atoms with E-state index in [0.29, 0.717) is 31.3 Å². The van der Waals surface area contributed by atoms with E-state index in [-0.39, 0.29) is 12.3 Å². The Balaban J connectivity index is 2.17. The van der Waals surface area contributed by atoms with E-state index in [0.717, 1.165) is 12.8 Å². The molecule has 1 amide bonds. The Hall–Kier alpha value is -1.10. The standard InChI is InChI=1S/C14H26N2O3/c15-10-8-14(6-1-2-7-14)9-11-16-12(17)4-3-5-13(18)19/h1-11,15H2,(H,16,17)(H,18,19). The molecule has 1 aliphatic rings. The molecule has 0 saturated heterocycles. The van der Waals surface area contributed by atoms with Crippen molar-refractivity contribution in [3.63, 3.8) is 0 Å². The molecule has 0 aromatic heterocycles. The Kier molecular flexibility index (Phi) is 6.84. The molecule has 19 heavy (non-hydrogen) atoms. The molecule has 5 heteroatoms. The summed E-state index contributed by atoms with van der Waals surface area (Å²) in [7, 11) is 0. The lowest BCUT2D eigenvalue weighted by Crippen LogP contribution is -2.30. The average molecular weight is 270 g/mol. The Labute approximate surface area is 114 Å². The van der Waals surface area contributed by atoms with Crippen LogP contribution < -0.4 is 11.1 Å². The van der Waals surface area contributed by atoms with Crippen LogP contribution in [0.3, 0.4) is 0 Å². The van der Waals surface area contributed by atoms with E-state index < -0.39 is 5.97 Å². The highest BCUT2D eigenvalue weighted by Gasteiger charge is 2.32. The summed E-state index contributed by atoms with van der Waals surface area (Å²) in [5.41, 5.74) is 6.01. The molecule has 0 spiro atoms. The first kappa shape index (κ1) is 16.0. The van der Waals surface area contributed by atoms with Gasteiger partial charge >= 0.3 is 5.97 Å². The zero-order chi connectivity index (χ0) is 14.1. The summed E-state index contributed by atoms with van der Waals surface area (Å²) in [5, 5.41) is 11.4. The molecular weight excluding hydrogens is 244 g/mol. The lowest BCUT2D eigenvalue weighted by molar-refractivity contribution is -0.137. The number of hydrogen-bond acceptors (Lipinski definition) is 3. The first-order chi connectivity index (χ1) is 9.08. The second kappa shape index (κ2) is 8.15. The number of amides is 1. The Bertz CT molecular complexity index is 299. The molecule has 1 saturated carbocycles. The number of aliphatic carboxylic acids is 1. The smallest absolute Gasteiger partial charge is 0.303 e. The monoisotopic (exact) mass is 270 g/mol. The highest BCUT2D eigenvalue weighted by molar-refractivity contribution is 5.76. The molecule has 1 fully saturated rings. The van der Waals surface area contributed by atoms with Crippen LogP contribution in [0.4, 0.5) is 0 Å². The minimum atomic E-state index is -0.847. The van der Waals surface area contributed by atoms with Crippen molar-refractivity contribution in [2.24, 2.45) is 11.1 Å². The minimum absolute atomic E-state index is 0.0397. The summed E-state index contributed by atoms with van der Waals surface area (Å²) < 4.78 is 0. The van der Waals surface area contributed by atoms with Crippen LogP contribution >= 0.6 is 0 Å². The summed E-state index contributed by atoms with van der Waals surface area (Å²) in [6.07, 6.45) is 7.80. The number of rotatable bonds is 9. The van der Waals surface area contributed by atoms with Gasteiger partial charge in [-0.3, -0.25) is 9.59 Å². The topological polar surface area (TPSA) is 92.4 Å². The van der Waals surface area contributed by atoms with Crippen LogP contribution in [0.15, 0.2) is 0 Å². The average Bonchev–Trinajstić information content (AvgIpc) is 2.78. The molecule has 0 atom stereocenters. The first-order valence-corrected chi connectivity index (χ1v) is 7.26. The maximum atomic E-state index is 11.5. The SMILES string of the molecule is NCCC1(CCNC(=O)CCCC(=O)O)CCCC1. The van der Waals surface area contributed by atoms with E-state index in [1.54, 1.807) is 0 Å². The third-order valence-corrected chi connectivity index (χ3v) is 4.11. The van der Waals surface area contributed by atoms with Gasteiger partial charge in [-0.15, -0.1) is 0 Å². The van der Waals surface area contributed by atoms with Crippen molar-refractivity contribution in [3.05, 3.63) is 0 Å². The maximum Gasteiger partial charge on any atom is 0.303 e. The second-order valence-electron chi connectivity index (χ2n) is 5.59. The Morgan fingerprint density at radius 1 is 1.16 bits per heavy atom. The van der Waals surface area contributed by atoms with E-state index in [1.807, 2.05) is 0 Å². The number of carboxylic acids is 1. The summed E-state index contributed by atoms with van der Waals surface area (Å²) in [4.78, 5) is 21.9.